The van der Waals surface area contributed by atoms with Crippen LogP contribution in [0.15, 0.2) is 64.0 Å². The number of benzene rings is 2. The lowest BCUT2D eigenvalue weighted by Gasteiger charge is -2.26. The van der Waals surface area contributed by atoms with Crippen molar-refractivity contribution in [2.45, 2.75) is 5.03 Å². The van der Waals surface area contributed by atoms with Gasteiger partial charge in [-0.25, -0.2) is 13.1 Å². The first-order valence-electron chi connectivity index (χ1n) is 9.65. The Morgan fingerprint density at radius 1 is 1.00 bits per heavy atom. The van der Waals surface area contributed by atoms with Gasteiger partial charge in [-0.05, 0) is 36.4 Å². The summed E-state index contributed by atoms with van der Waals surface area (Å²) in [5, 5.41) is 0.417. The van der Waals surface area contributed by atoms with Gasteiger partial charge in [-0.15, -0.1) is 0 Å². The van der Waals surface area contributed by atoms with Gasteiger partial charge in [0.15, 0.2) is 5.76 Å². The molecule has 1 aromatic heterocycles. The van der Waals surface area contributed by atoms with E-state index in [0.29, 0.717) is 35.9 Å². The van der Waals surface area contributed by atoms with E-state index in [0.717, 1.165) is 13.1 Å². The third-order valence-corrected chi connectivity index (χ3v) is 6.42. The van der Waals surface area contributed by atoms with E-state index in [2.05, 4.69) is 14.6 Å². The minimum Gasteiger partial charge on any atom is -0.435 e. The van der Waals surface area contributed by atoms with E-state index in [-0.39, 0.29) is 23.2 Å². The van der Waals surface area contributed by atoms with Crippen molar-refractivity contribution in [2.24, 2.45) is 0 Å². The molecule has 2 aromatic carbocycles. The molecule has 0 saturated carbocycles. The van der Waals surface area contributed by atoms with E-state index in [1.54, 1.807) is 24.3 Å². The van der Waals surface area contributed by atoms with Crippen LogP contribution in [-0.4, -0.2) is 57.7 Å². The number of rotatable bonds is 7. The van der Waals surface area contributed by atoms with Gasteiger partial charge in [0.05, 0.1) is 13.2 Å². The van der Waals surface area contributed by atoms with E-state index in [1.807, 2.05) is 30.3 Å². The van der Waals surface area contributed by atoms with Gasteiger partial charge in [0, 0.05) is 42.3 Å². The number of halogens is 1. The highest BCUT2D eigenvalue weighted by molar-refractivity contribution is 7.89. The van der Waals surface area contributed by atoms with Crippen molar-refractivity contribution in [2.75, 3.05) is 39.4 Å². The lowest BCUT2D eigenvalue weighted by molar-refractivity contribution is 0.0390. The lowest BCUT2D eigenvalue weighted by Crippen LogP contribution is -2.41. The number of hydrogen-bond acceptors (Lipinski definition) is 6. The summed E-state index contributed by atoms with van der Waals surface area (Å²) in [6.07, 6.45) is 0. The summed E-state index contributed by atoms with van der Waals surface area (Å²) in [5.41, 5.74) is 1.28. The summed E-state index contributed by atoms with van der Waals surface area (Å²) in [4.78, 5) is 6.49. The smallest absolute Gasteiger partial charge is 0.262 e. The van der Waals surface area contributed by atoms with Crippen LogP contribution in [0.4, 0.5) is 0 Å². The van der Waals surface area contributed by atoms with Crippen LogP contribution < -0.4 is 4.72 Å². The lowest BCUT2D eigenvalue weighted by atomic mass is 10.2. The number of ether oxygens (including phenoxy) is 1. The molecule has 1 aliphatic heterocycles. The molecule has 7 nitrogen and oxygen atoms in total. The third-order valence-electron chi connectivity index (χ3n) is 4.80. The predicted molar refractivity (Wildman–Crippen MR) is 115 cm³/mol. The number of nitrogens with zero attached hydrogens (tertiary/aromatic N) is 2. The van der Waals surface area contributed by atoms with Crippen molar-refractivity contribution >= 4 is 21.6 Å². The zero-order valence-electron chi connectivity index (χ0n) is 16.3. The van der Waals surface area contributed by atoms with Crippen LogP contribution in [0.25, 0.3) is 22.8 Å². The van der Waals surface area contributed by atoms with E-state index < -0.39 is 10.0 Å². The number of morpholine rings is 1. The highest BCUT2D eigenvalue weighted by atomic mass is 35.5. The van der Waals surface area contributed by atoms with Crippen LogP contribution in [-0.2, 0) is 14.8 Å². The second-order valence-electron chi connectivity index (χ2n) is 6.88. The summed E-state index contributed by atoms with van der Waals surface area (Å²) in [7, 11) is -3.88. The van der Waals surface area contributed by atoms with Crippen molar-refractivity contribution in [3.63, 3.8) is 0 Å². The molecule has 158 valence electrons. The zero-order chi connectivity index (χ0) is 21.0. The molecule has 4 rings (SSSR count). The molecule has 0 unspecified atom stereocenters. The Balaban J connectivity index is 1.62. The van der Waals surface area contributed by atoms with Gasteiger partial charge in [0.2, 0.25) is 10.9 Å². The molecule has 1 fully saturated rings. The number of nitrogens with one attached hydrogen (secondary N) is 1. The SMILES string of the molecule is O=S(=O)(NCCN1CCOCC1)c1nc(-c2ccccc2)oc1-c1ccc(Cl)cc1. The molecular formula is C21H22ClN3O4S. The van der Waals surface area contributed by atoms with Crippen LogP contribution in [0.1, 0.15) is 0 Å². The molecule has 9 heteroatoms. The minimum atomic E-state index is -3.88. The normalized spacial score (nSPS) is 15.4. The summed E-state index contributed by atoms with van der Waals surface area (Å²) < 4.78 is 40.0. The molecule has 0 aliphatic carbocycles. The molecule has 1 aliphatic rings. The Morgan fingerprint density at radius 2 is 1.70 bits per heavy atom. The van der Waals surface area contributed by atoms with Crippen LogP contribution in [0, 0.1) is 0 Å². The zero-order valence-corrected chi connectivity index (χ0v) is 17.8. The Labute approximate surface area is 180 Å². The van der Waals surface area contributed by atoms with Crippen molar-refractivity contribution in [1.29, 1.82) is 0 Å². The van der Waals surface area contributed by atoms with Gasteiger partial charge in [0.1, 0.15) is 0 Å². The fourth-order valence-electron chi connectivity index (χ4n) is 3.21. The second kappa shape index (κ2) is 9.28. The highest BCUT2D eigenvalue weighted by Crippen LogP contribution is 2.33. The highest BCUT2D eigenvalue weighted by Gasteiger charge is 2.27. The minimum absolute atomic E-state index is 0.134. The Kier molecular flexibility index (Phi) is 6.50. The molecule has 2 heterocycles. The van der Waals surface area contributed by atoms with Gasteiger partial charge in [-0.1, -0.05) is 29.8 Å². The Morgan fingerprint density at radius 3 is 2.40 bits per heavy atom. The molecule has 0 radical (unpaired) electrons. The topological polar surface area (TPSA) is 84.7 Å². The molecule has 0 spiro atoms. The molecule has 30 heavy (non-hydrogen) atoms. The van der Waals surface area contributed by atoms with Gasteiger partial charge in [0.25, 0.3) is 10.0 Å². The van der Waals surface area contributed by atoms with Gasteiger partial charge in [-0.3, -0.25) is 4.90 Å². The van der Waals surface area contributed by atoms with Crippen molar-refractivity contribution < 1.29 is 17.6 Å². The third kappa shape index (κ3) is 4.91. The molecular weight excluding hydrogens is 426 g/mol. The average Bonchev–Trinajstić information content (AvgIpc) is 3.22. The van der Waals surface area contributed by atoms with Crippen molar-refractivity contribution in [1.82, 2.24) is 14.6 Å². The molecule has 1 N–H and O–H groups in total. The molecule has 0 bridgehead atoms. The van der Waals surface area contributed by atoms with Gasteiger partial charge < -0.3 is 9.15 Å². The van der Waals surface area contributed by atoms with Crippen molar-refractivity contribution in [3.8, 4) is 22.8 Å². The second-order valence-corrected chi connectivity index (χ2v) is 9.00. The molecule has 0 amide bonds. The van der Waals surface area contributed by atoms with Gasteiger partial charge >= 0.3 is 0 Å². The van der Waals surface area contributed by atoms with E-state index >= 15 is 0 Å². The summed E-state index contributed by atoms with van der Waals surface area (Å²) in [6, 6.07) is 16.0. The number of sulfonamides is 1. The number of aromatic nitrogens is 1. The standard InChI is InChI=1S/C21H22ClN3O4S/c22-18-8-6-16(7-9-18)19-21(24-20(29-19)17-4-2-1-3-5-17)30(26,27)23-10-11-25-12-14-28-15-13-25/h1-9,23H,10-15H2. The largest absolute Gasteiger partial charge is 0.435 e. The van der Waals surface area contributed by atoms with Gasteiger partial charge in [-0.2, -0.15) is 4.98 Å². The van der Waals surface area contributed by atoms with E-state index in [4.69, 9.17) is 20.8 Å². The predicted octanol–water partition coefficient (Wildman–Crippen LogP) is 3.27. The quantitative estimate of drug-likeness (QED) is 0.598. The number of oxazole rings is 1. The summed E-state index contributed by atoms with van der Waals surface area (Å²) >= 11 is 5.98. The monoisotopic (exact) mass is 447 g/mol. The summed E-state index contributed by atoms with van der Waals surface area (Å²) in [6.45, 7) is 3.78. The molecule has 3 aromatic rings. The van der Waals surface area contributed by atoms with Crippen LogP contribution >= 0.6 is 11.6 Å². The van der Waals surface area contributed by atoms with Crippen molar-refractivity contribution in [3.05, 3.63) is 59.6 Å². The first kappa shape index (κ1) is 21.0. The van der Waals surface area contributed by atoms with Crippen LogP contribution in [0.2, 0.25) is 5.02 Å². The molecule has 1 saturated heterocycles. The summed E-state index contributed by atoms with van der Waals surface area (Å²) in [5.74, 6) is 0.429. The Bertz CT molecular complexity index is 1080. The maximum Gasteiger partial charge on any atom is 0.262 e. The van der Waals surface area contributed by atoms with E-state index in [1.165, 1.54) is 0 Å². The number of hydrogen-bond donors (Lipinski definition) is 1. The average molecular weight is 448 g/mol. The maximum absolute atomic E-state index is 13.1. The fourth-order valence-corrected chi connectivity index (χ4v) is 4.44. The first-order chi connectivity index (χ1) is 14.5. The Hall–Kier alpha value is -2.23. The first-order valence-corrected chi connectivity index (χ1v) is 11.5. The fraction of sp³-hybridized carbons (Fsp3) is 0.286. The van der Waals surface area contributed by atoms with Crippen LogP contribution in [0.5, 0.6) is 0 Å². The molecule has 0 atom stereocenters. The van der Waals surface area contributed by atoms with Crippen LogP contribution in [0.3, 0.4) is 0 Å². The maximum atomic E-state index is 13.1. The van der Waals surface area contributed by atoms with E-state index in [9.17, 15) is 8.42 Å².